The summed E-state index contributed by atoms with van der Waals surface area (Å²) in [5.74, 6) is 1.70. The minimum atomic E-state index is 0.161. The molecule has 0 radical (unpaired) electrons. The number of piperidine rings is 2. The molecule has 2 aliphatic rings. The maximum absolute atomic E-state index is 11.4. The zero-order valence-corrected chi connectivity index (χ0v) is 11.0. The fourth-order valence-corrected chi connectivity index (χ4v) is 3.35. The molecule has 0 aliphatic carbocycles. The number of likely N-dealkylation sites (tertiary alicyclic amines) is 1. The van der Waals surface area contributed by atoms with Crippen LogP contribution in [0.1, 0.15) is 31.1 Å². The van der Waals surface area contributed by atoms with Crippen LogP contribution in [-0.4, -0.2) is 36.5 Å². The quantitative estimate of drug-likeness (QED) is 0.849. The highest BCUT2D eigenvalue weighted by atomic mass is 16.3. The number of rotatable bonds is 3. The lowest BCUT2D eigenvalue weighted by Crippen LogP contribution is -2.55. The normalized spacial score (nSPS) is 29.6. The molecule has 3 rings (SSSR count). The molecule has 2 fully saturated rings. The topological polar surface area (TPSA) is 71.5 Å². The number of hydrogen-bond acceptors (Lipinski definition) is 4. The molecule has 3 N–H and O–H groups in total. The van der Waals surface area contributed by atoms with Crippen LogP contribution >= 0.6 is 0 Å². The standard InChI is InChI=1S/C14H21N3O2/c15-8-12(13-2-1-7-19-13)17-6-5-11-10(9-17)3-4-14(18)16-11/h1-2,7,10-12H,3-6,8-9,15H2,(H,16,18). The first-order chi connectivity index (χ1) is 9.28. The molecule has 19 heavy (non-hydrogen) atoms. The lowest BCUT2D eigenvalue weighted by atomic mass is 9.84. The van der Waals surface area contributed by atoms with Gasteiger partial charge in [0, 0.05) is 32.1 Å². The second-order valence-electron chi connectivity index (χ2n) is 5.52. The minimum Gasteiger partial charge on any atom is -0.468 e. The molecule has 0 saturated carbocycles. The van der Waals surface area contributed by atoms with E-state index in [9.17, 15) is 4.79 Å². The van der Waals surface area contributed by atoms with Crippen molar-refractivity contribution in [2.24, 2.45) is 11.7 Å². The number of nitrogens with zero attached hydrogens (tertiary/aromatic N) is 1. The van der Waals surface area contributed by atoms with Crippen LogP contribution in [0.25, 0.3) is 0 Å². The van der Waals surface area contributed by atoms with Gasteiger partial charge in [-0.3, -0.25) is 9.69 Å². The molecule has 5 heteroatoms. The summed E-state index contributed by atoms with van der Waals surface area (Å²) in [6, 6.07) is 4.42. The van der Waals surface area contributed by atoms with Gasteiger partial charge in [0.2, 0.25) is 5.91 Å². The van der Waals surface area contributed by atoms with Crippen LogP contribution in [-0.2, 0) is 4.79 Å². The summed E-state index contributed by atoms with van der Waals surface area (Å²) in [5, 5.41) is 3.11. The van der Waals surface area contributed by atoms with Crippen molar-refractivity contribution in [2.75, 3.05) is 19.6 Å². The fourth-order valence-electron chi connectivity index (χ4n) is 3.35. The van der Waals surface area contributed by atoms with E-state index in [2.05, 4.69) is 10.2 Å². The van der Waals surface area contributed by atoms with Crippen LogP contribution in [0.3, 0.4) is 0 Å². The van der Waals surface area contributed by atoms with Gasteiger partial charge in [0.1, 0.15) is 5.76 Å². The first kappa shape index (κ1) is 12.7. The molecule has 1 aromatic heterocycles. The van der Waals surface area contributed by atoms with Gasteiger partial charge in [-0.2, -0.15) is 0 Å². The molecule has 3 atom stereocenters. The molecule has 2 aliphatic heterocycles. The van der Waals surface area contributed by atoms with Gasteiger partial charge in [0.25, 0.3) is 0 Å². The fraction of sp³-hybridized carbons (Fsp3) is 0.643. The van der Waals surface area contributed by atoms with Crippen molar-refractivity contribution in [3.8, 4) is 0 Å². The first-order valence-electron chi connectivity index (χ1n) is 7.05. The molecular weight excluding hydrogens is 242 g/mol. The summed E-state index contributed by atoms with van der Waals surface area (Å²) in [6.45, 7) is 2.52. The smallest absolute Gasteiger partial charge is 0.220 e. The van der Waals surface area contributed by atoms with Crippen LogP contribution in [0.4, 0.5) is 0 Å². The van der Waals surface area contributed by atoms with Gasteiger partial charge >= 0.3 is 0 Å². The third-order valence-electron chi connectivity index (χ3n) is 4.39. The van der Waals surface area contributed by atoms with Crippen LogP contribution in [0.5, 0.6) is 0 Å². The van der Waals surface area contributed by atoms with Gasteiger partial charge in [-0.15, -0.1) is 0 Å². The summed E-state index contributed by atoms with van der Waals surface area (Å²) in [5.41, 5.74) is 5.91. The SMILES string of the molecule is NCC(c1ccco1)N1CCC2NC(=O)CCC2C1. The van der Waals surface area contributed by atoms with Crippen LogP contribution in [0.15, 0.2) is 22.8 Å². The number of fused-ring (bicyclic) bond motifs is 1. The second-order valence-corrected chi connectivity index (χ2v) is 5.52. The Hall–Kier alpha value is -1.33. The molecular formula is C14H21N3O2. The number of carbonyl (C=O) groups is 1. The molecule has 1 amide bonds. The zero-order valence-electron chi connectivity index (χ0n) is 11.0. The average molecular weight is 263 g/mol. The Bertz CT molecular complexity index is 432. The third kappa shape index (κ3) is 2.53. The summed E-state index contributed by atoms with van der Waals surface area (Å²) in [7, 11) is 0. The van der Waals surface area contributed by atoms with Crippen molar-refractivity contribution in [1.29, 1.82) is 0 Å². The van der Waals surface area contributed by atoms with Gasteiger partial charge in [-0.25, -0.2) is 0 Å². The molecule has 0 spiro atoms. The van der Waals surface area contributed by atoms with E-state index in [0.717, 1.165) is 31.7 Å². The summed E-state index contributed by atoms with van der Waals surface area (Å²) >= 11 is 0. The molecule has 104 valence electrons. The number of hydrogen-bond donors (Lipinski definition) is 2. The predicted molar refractivity (Wildman–Crippen MR) is 71.3 cm³/mol. The van der Waals surface area contributed by atoms with Crippen molar-refractivity contribution in [3.63, 3.8) is 0 Å². The number of nitrogens with one attached hydrogen (secondary N) is 1. The van der Waals surface area contributed by atoms with Gasteiger partial charge in [-0.05, 0) is 30.9 Å². The molecule has 2 saturated heterocycles. The lowest BCUT2D eigenvalue weighted by Gasteiger charge is -2.43. The highest BCUT2D eigenvalue weighted by Crippen LogP contribution is 2.30. The highest BCUT2D eigenvalue weighted by molar-refractivity contribution is 5.77. The Labute approximate surface area is 113 Å². The van der Waals surface area contributed by atoms with Crippen molar-refractivity contribution in [3.05, 3.63) is 24.2 Å². The Morgan fingerprint density at radius 1 is 1.53 bits per heavy atom. The largest absolute Gasteiger partial charge is 0.468 e. The van der Waals surface area contributed by atoms with E-state index >= 15 is 0 Å². The van der Waals surface area contributed by atoms with Crippen molar-refractivity contribution in [1.82, 2.24) is 10.2 Å². The molecule has 0 aromatic carbocycles. The monoisotopic (exact) mass is 263 g/mol. The van der Waals surface area contributed by atoms with Gasteiger partial charge in [0.15, 0.2) is 0 Å². The Kier molecular flexibility index (Phi) is 3.57. The van der Waals surface area contributed by atoms with E-state index in [1.54, 1.807) is 6.26 Å². The first-order valence-corrected chi connectivity index (χ1v) is 7.05. The maximum atomic E-state index is 11.4. The Morgan fingerprint density at radius 3 is 3.16 bits per heavy atom. The van der Waals surface area contributed by atoms with Crippen LogP contribution in [0.2, 0.25) is 0 Å². The van der Waals surface area contributed by atoms with E-state index in [0.29, 0.717) is 24.9 Å². The molecule has 3 heterocycles. The van der Waals surface area contributed by atoms with Gasteiger partial charge in [0.05, 0.1) is 12.3 Å². The van der Waals surface area contributed by atoms with E-state index in [1.165, 1.54) is 0 Å². The van der Waals surface area contributed by atoms with Crippen LogP contribution < -0.4 is 11.1 Å². The zero-order chi connectivity index (χ0) is 13.2. The van der Waals surface area contributed by atoms with Crippen molar-refractivity contribution >= 4 is 5.91 Å². The van der Waals surface area contributed by atoms with E-state index in [4.69, 9.17) is 10.2 Å². The summed E-state index contributed by atoms with van der Waals surface area (Å²) in [4.78, 5) is 13.8. The molecule has 0 bridgehead atoms. The third-order valence-corrected chi connectivity index (χ3v) is 4.39. The van der Waals surface area contributed by atoms with Crippen molar-refractivity contribution in [2.45, 2.75) is 31.3 Å². The van der Waals surface area contributed by atoms with E-state index < -0.39 is 0 Å². The summed E-state index contributed by atoms with van der Waals surface area (Å²) < 4.78 is 5.50. The predicted octanol–water partition coefficient (Wildman–Crippen LogP) is 0.880. The minimum absolute atomic E-state index is 0.161. The lowest BCUT2D eigenvalue weighted by molar-refractivity contribution is -0.125. The number of furan rings is 1. The van der Waals surface area contributed by atoms with Gasteiger partial charge < -0.3 is 15.5 Å². The second kappa shape index (κ2) is 5.35. The van der Waals surface area contributed by atoms with Crippen LogP contribution in [0, 0.1) is 5.92 Å². The maximum Gasteiger partial charge on any atom is 0.220 e. The molecule has 5 nitrogen and oxygen atoms in total. The molecule has 1 aromatic rings. The number of nitrogens with two attached hydrogens (primary N) is 1. The molecule has 3 unspecified atom stereocenters. The van der Waals surface area contributed by atoms with Gasteiger partial charge in [-0.1, -0.05) is 0 Å². The van der Waals surface area contributed by atoms with E-state index in [1.807, 2.05) is 12.1 Å². The number of carbonyl (C=O) groups excluding carboxylic acids is 1. The average Bonchev–Trinajstić information content (AvgIpc) is 2.93. The summed E-state index contributed by atoms with van der Waals surface area (Å²) in [6.07, 6.45) is 4.35. The number of amides is 1. The Balaban J connectivity index is 1.68. The highest BCUT2D eigenvalue weighted by Gasteiger charge is 2.36. The van der Waals surface area contributed by atoms with Crippen molar-refractivity contribution < 1.29 is 9.21 Å². The van der Waals surface area contributed by atoms with E-state index in [-0.39, 0.29) is 11.9 Å². The Morgan fingerprint density at radius 2 is 2.42 bits per heavy atom.